The Bertz CT molecular complexity index is 4.00. The zero-order valence-corrected chi connectivity index (χ0v) is 7.99. The van der Waals surface area contributed by atoms with E-state index < -0.39 is 0 Å². The smallest absolute Gasteiger partial charge is 1.00 e. The third-order valence-electron chi connectivity index (χ3n) is 0. The van der Waals surface area contributed by atoms with Crippen LogP contribution in [-0.4, -0.2) is 0 Å². The van der Waals surface area contributed by atoms with E-state index in [0.29, 0.717) is 0 Å². The molecule has 0 unspecified atom stereocenters. The minimum Gasteiger partial charge on any atom is -1.00 e. The van der Waals surface area contributed by atoms with Gasteiger partial charge in [0.25, 0.3) is 0 Å². The fraction of sp³-hybridized carbons (Fsp3) is 0. The first kappa shape index (κ1) is 31.5. The minimum atomic E-state index is 0. The average molecular weight is 365 g/mol. The molecule has 0 fully saturated rings. The Hall–Kier alpha value is 2.50. The molecule has 0 nitrogen and oxygen atoms in total. The summed E-state index contributed by atoms with van der Waals surface area (Å²) in [4.78, 5) is 0. The first-order valence-corrected chi connectivity index (χ1v) is 0. The normalized spacial score (nSPS) is 0. The van der Waals surface area contributed by atoms with E-state index in [0.717, 1.165) is 0 Å². The van der Waals surface area contributed by atoms with Crippen molar-refractivity contribution in [3.8, 4) is 0 Å². The van der Waals surface area contributed by atoms with Crippen LogP contribution in [-0.2, 0) is 34.1 Å². The number of hydrogen-bond donors (Lipinski definition) is 0. The Labute approximate surface area is 80.8 Å². The molecule has 0 rings (SSSR count). The summed E-state index contributed by atoms with van der Waals surface area (Å²) in [6.07, 6.45) is 0. The molecule has 4 heteroatoms. The minimum absolute atomic E-state index is 0. The Balaban J connectivity index is 0. The Morgan fingerprint density at radius 3 is 0.750 bits per heavy atom. The largest absolute Gasteiger partial charge is 2.00 e. The molecule has 0 saturated heterocycles. The van der Waals surface area contributed by atoms with E-state index in [1.165, 1.54) is 0 Å². The summed E-state index contributed by atoms with van der Waals surface area (Å²) in [5.74, 6) is 0. The van der Waals surface area contributed by atoms with Gasteiger partial charge in [-0.05, 0) is 0 Å². The van der Waals surface area contributed by atoms with Gasteiger partial charge in [-0.3, -0.25) is 0 Å². The SMILES string of the molecule is [Fe+2].[Fe].[I-].[I-]. The van der Waals surface area contributed by atoms with Crippen molar-refractivity contribution in [1.82, 2.24) is 0 Å². The van der Waals surface area contributed by atoms with Gasteiger partial charge in [0, 0.05) is 17.1 Å². The second-order valence-corrected chi connectivity index (χ2v) is 0. The molecule has 0 heterocycles. The van der Waals surface area contributed by atoms with Gasteiger partial charge in [-0.2, -0.15) is 0 Å². The summed E-state index contributed by atoms with van der Waals surface area (Å²) >= 11 is 0. The maximum absolute atomic E-state index is 0. The topological polar surface area (TPSA) is 0 Å². The molecule has 0 aliphatic rings. The van der Waals surface area contributed by atoms with Crippen LogP contribution in [0.2, 0.25) is 0 Å². The van der Waals surface area contributed by atoms with Crippen LogP contribution in [0, 0.1) is 0 Å². The molecule has 0 aromatic carbocycles. The number of halogens is 2. The van der Waals surface area contributed by atoms with Gasteiger partial charge in [-0.25, -0.2) is 0 Å². The molecule has 0 bridgehead atoms. The maximum Gasteiger partial charge on any atom is 2.00 e. The van der Waals surface area contributed by atoms with E-state index >= 15 is 0 Å². The zero-order chi connectivity index (χ0) is 0. The molecule has 0 N–H and O–H groups in total. The van der Waals surface area contributed by atoms with E-state index in [4.69, 9.17) is 0 Å². The quantitative estimate of drug-likeness (QED) is 0.296. The van der Waals surface area contributed by atoms with Crippen molar-refractivity contribution < 1.29 is 82.1 Å². The predicted octanol–water partition coefficient (Wildman–Crippen LogP) is -6.00. The Morgan fingerprint density at radius 1 is 0.750 bits per heavy atom. The van der Waals surface area contributed by atoms with Crippen molar-refractivity contribution >= 4 is 0 Å². The molecule has 0 radical (unpaired) electrons. The van der Waals surface area contributed by atoms with Gasteiger partial charge in [0.1, 0.15) is 0 Å². The number of rotatable bonds is 0. The van der Waals surface area contributed by atoms with E-state index in [9.17, 15) is 0 Å². The molecule has 0 aromatic heterocycles. The second-order valence-electron chi connectivity index (χ2n) is 0. The Morgan fingerprint density at radius 2 is 0.750 bits per heavy atom. The molecule has 0 aliphatic carbocycles. The second kappa shape index (κ2) is 17.8. The fourth-order valence-corrected chi connectivity index (χ4v) is 0. The van der Waals surface area contributed by atoms with Crippen LogP contribution < -0.4 is 48.0 Å². The predicted molar refractivity (Wildman–Crippen MR) is 0 cm³/mol. The number of hydrogen-bond acceptors (Lipinski definition) is 0. The Kier molecular flexibility index (Phi) is 140. The van der Waals surface area contributed by atoms with E-state index in [1.807, 2.05) is 0 Å². The van der Waals surface area contributed by atoms with Crippen LogP contribution >= 0.6 is 0 Å². The van der Waals surface area contributed by atoms with Crippen LogP contribution in [0.15, 0.2) is 0 Å². The molecule has 4 heavy (non-hydrogen) atoms. The summed E-state index contributed by atoms with van der Waals surface area (Å²) in [5.41, 5.74) is 0. The molecule has 0 atom stereocenters. The molecule has 0 spiro atoms. The molecule has 0 aromatic rings. The summed E-state index contributed by atoms with van der Waals surface area (Å²) in [5, 5.41) is 0. The monoisotopic (exact) mass is 366 g/mol. The zero-order valence-electron chi connectivity index (χ0n) is 1.46. The summed E-state index contributed by atoms with van der Waals surface area (Å²) in [6, 6.07) is 0. The fourth-order valence-electron chi connectivity index (χ4n) is 0. The molecule has 0 saturated carbocycles. The van der Waals surface area contributed by atoms with Gasteiger partial charge in [-0.15, -0.1) is 0 Å². The van der Waals surface area contributed by atoms with Crippen molar-refractivity contribution in [2.45, 2.75) is 0 Å². The van der Waals surface area contributed by atoms with Crippen molar-refractivity contribution in [3.63, 3.8) is 0 Å². The van der Waals surface area contributed by atoms with Crippen LogP contribution in [0.4, 0.5) is 0 Å². The summed E-state index contributed by atoms with van der Waals surface area (Å²) < 4.78 is 0. The van der Waals surface area contributed by atoms with Crippen molar-refractivity contribution in [3.05, 3.63) is 0 Å². The van der Waals surface area contributed by atoms with E-state index in [2.05, 4.69) is 0 Å². The molecule has 30 valence electrons. The van der Waals surface area contributed by atoms with Crippen molar-refractivity contribution in [2.75, 3.05) is 0 Å². The van der Waals surface area contributed by atoms with Crippen LogP contribution in [0.3, 0.4) is 0 Å². The van der Waals surface area contributed by atoms with Gasteiger partial charge in [-0.1, -0.05) is 0 Å². The van der Waals surface area contributed by atoms with E-state index in [1.54, 1.807) is 0 Å². The summed E-state index contributed by atoms with van der Waals surface area (Å²) in [6.45, 7) is 0. The standard InChI is InChI=1S/2Fe.2HI/h;;2*1H/q;+2;;/p-2. The van der Waals surface area contributed by atoms with Gasteiger partial charge in [0.15, 0.2) is 0 Å². The first-order valence-electron chi connectivity index (χ1n) is 0. The van der Waals surface area contributed by atoms with Gasteiger partial charge < -0.3 is 48.0 Å². The van der Waals surface area contributed by atoms with Crippen LogP contribution in [0.1, 0.15) is 0 Å². The molecular weight excluding hydrogens is 365 g/mol. The molecule has 0 aliphatic heterocycles. The molecule has 0 amide bonds. The average Bonchev–Trinajstić information content (AvgIpc) is 0. The molecular formula is Fe2I2. The van der Waals surface area contributed by atoms with Gasteiger partial charge in [0.2, 0.25) is 0 Å². The van der Waals surface area contributed by atoms with Gasteiger partial charge >= 0.3 is 17.1 Å². The first-order chi connectivity index (χ1) is 0. The summed E-state index contributed by atoms with van der Waals surface area (Å²) in [7, 11) is 0. The third-order valence-corrected chi connectivity index (χ3v) is 0. The van der Waals surface area contributed by atoms with E-state index in [-0.39, 0.29) is 82.1 Å². The van der Waals surface area contributed by atoms with Crippen molar-refractivity contribution in [2.24, 2.45) is 0 Å². The van der Waals surface area contributed by atoms with Crippen LogP contribution in [0.25, 0.3) is 0 Å². The maximum atomic E-state index is 0. The van der Waals surface area contributed by atoms with Gasteiger partial charge in [0.05, 0.1) is 0 Å². The van der Waals surface area contributed by atoms with Crippen LogP contribution in [0.5, 0.6) is 0 Å². The van der Waals surface area contributed by atoms with Crippen molar-refractivity contribution in [1.29, 1.82) is 0 Å². The third kappa shape index (κ3) is 8.82.